The molecule has 0 aliphatic rings. The van der Waals surface area contributed by atoms with Crippen LogP contribution in [0.2, 0.25) is 0 Å². The summed E-state index contributed by atoms with van der Waals surface area (Å²) in [6, 6.07) is 7.18. The number of hydrogen-bond acceptors (Lipinski definition) is 3. The minimum absolute atomic E-state index is 0.417. The fourth-order valence-electron chi connectivity index (χ4n) is 1.29. The summed E-state index contributed by atoms with van der Waals surface area (Å²) in [5.74, 6) is 0.776. The monoisotopic (exact) mass is 237 g/mol. The number of benzene rings is 1. The molecule has 0 aliphatic carbocycles. The van der Waals surface area contributed by atoms with Crippen LogP contribution in [0.1, 0.15) is 27.7 Å². The molecular weight excluding hydrogens is 218 g/mol. The molecule has 0 bridgehead atoms. The molecule has 0 aliphatic heterocycles. The van der Waals surface area contributed by atoms with Crippen molar-refractivity contribution in [2.24, 2.45) is 0 Å². The predicted octanol–water partition coefficient (Wildman–Crippen LogP) is 2.78. The lowest BCUT2D eigenvalue weighted by Crippen LogP contribution is -2.32. The van der Waals surface area contributed by atoms with E-state index in [9.17, 15) is 4.79 Å². The number of nitrogens with zero attached hydrogens (tertiary/aromatic N) is 1. The number of amides is 1. The van der Waals surface area contributed by atoms with Gasteiger partial charge in [-0.1, -0.05) is 0 Å². The van der Waals surface area contributed by atoms with Crippen molar-refractivity contribution in [2.45, 2.75) is 33.3 Å². The highest BCUT2D eigenvalue weighted by Gasteiger charge is 2.17. The highest BCUT2D eigenvalue weighted by atomic mass is 16.7. The summed E-state index contributed by atoms with van der Waals surface area (Å²) in [6.07, 6.45) is 0.654. The van der Waals surface area contributed by atoms with Gasteiger partial charge < -0.3 is 4.74 Å². The standard InChI is InChI=1S/C13H19NO3/c1-5-16-12-8-6-11(7-9-12)14(10-15)17-13(2,3)4/h6-10H,5H2,1-4H3. The normalized spacial score (nSPS) is 11.1. The Balaban J connectivity index is 2.79. The number of carbonyl (C=O) groups is 1. The fraction of sp³-hybridized carbons (Fsp3) is 0.462. The summed E-state index contributed by atoms with van der Waals surface area (Å²) in [5, 5.41) is 1.22. The highest BCUT2D eigenvalue weighted by Crippen LogP contribution is 2.21. The number of hydroxylamine groups is 1. The first-order valence-corrected chi connectivity index (χ1v) is 5.63. The Morgan fingerprint density at radius 3 is 2.24 bits per heavy atom. The van der Waals surface area contributed by atoms with E-state index in [1.54, 1.807) is 24.3 Å². The van der Waals surface area contributed by atoms with Crippen molar-refractivity contribution < 1.29 is 14.4 Å². The van der Waals surface area contributed by atoms with Crippen LogP contribution in [-0.4, -0.2) is 18.6 Å². The summed E-state index contributed by atoms with van der Waals surface area (Å²) in [5.41, 5.74) is 0.262. The fourth-order valence-corrected chi connectivity index (χ4v) is 1.29. The molecule has 94 valence electrons. The first-order valence-electron chi connectivity index (χ1n) is 5.63. The van der Waals surface area contributed by atoms with Gasteiger partial charge in [0, 0.05) is 0 Å². The quantitative estimate of drug-likeness (QED) is 0.584. The molecule has 0 atom stereocenters. The second-order valence-corrected chi connectivity index (χ2v) is 4.56. The SMILES string of the molecule is CCOc1ccc(N(C=O)OC(C)(C)C)cc1. The Bertz CT molecular complexity index is 354. The van der Waals surface area contributed by atoms with E-state index in [0.717, 1.165) is 5.75 Å². The molecule has 0 aromatic heterocycles. The van der Waals surface area contributed by atoms with Gasteiger partial charge in [-0.25, -0.2) is 0 Å². The van der Waals surface area contributed by atoms with Gasteiger partial charge in [0.2, 0.25) is 6.41 Å². The summed E-state index contributed by atoms with van der Waals surface area (Å²) >= 11 is 0. The van der Waals surface area contributed by atoms with Crippen molar-refractivity contribution in [1.29, 1.82) is 0 Å². The van der Waals surface area contributed by atoms with Crippen molar-refractivity contribution in [3.8, 4) is 5.75 Å². The zero-order chi connectivity index (χ0) is 12.9. The van der Waals surface area contributed by atoms with Crippen molar-refractivity contribution >= 4 is 12.1 Å². The Morgan fingerprint density at radius 1 is 1.24 bits per heavy atom. The number of anilines is 1. The van der Waals surface area contributed by atoms with Gasteiger partial charge in [0.15, 0.2) is 0 Å². The maximum absolute atomic E-state index is 11.0. The Hall–Kier alpha value is -1.55. The topological polar surface area (TPSA) is 38.8 Å². The molecule has 0 fully saturated rings. The summed E-state index contributed by atoms with van der Waals surface area (Å²) in [7, 11) is 0. The highest BCUT2D eigenvalue weighted by molar-refractivity contribution is 5.72. The van der Waals surface area contributed by atoms with E-state index in [4.69, 9.17) is 9.57 Å². The average molecular weight is 237 g/mol. The van der Waals surface area contributed by atoms with Gasteiger partial charge in [-0.15, -0.1) is 0 Å². The average Bonchev–Trinajstić information content (AvgIpc) is 2.26. The van der Waals surface area contributed by atoms with E-state index in [2.05, 4.69) is 0 Å². The summed E-state index contributed by atoms with van der Waals surface area (Å²) in [6.45, 7) is 8.21. The Morgan fingerprint density at radius 2 is 1.82 bits per heavy atom. The predicted molar refractivity (Wildman–Crippen MR) is 67.0 cm³/mol. The van der Waals surface area contributed by atoms with Crippen molar-refractivity contribution in [1.82, 2.24) is 0 Å². The maximum atomic E-state index is 11.0. The van der Waals surface area contributed by atoms with Crippen molar-refractivity contribution in [2.75, 3.05) is 11.7 Å². The maximum Gasteiger partial charge on any atom is 0.238 e. The van der Waals surface area contributed by atoms with Gasteiger partial charge >= 0.3 is 0 Å². The van der Waals surface area contributed by atoms with Crippen LogP contribution in [0.15, 0.2) is 24.3 Å². The molecule has 0 saturated carbocycles. The smallest absolute Gasteiger partial charge is 0.238 e. The number of ether oxygens (including phenoxy) is 1. The van der Waals surface area contributed by atoms with E-state index >= 15 is 0 Å². The molecule has 0 unspecified atom stereocenters. The van der Waals surface area contributed by atoms with Gasteiger partial charge in [0.25, 0.3) is 0 Å². The van der Waals surface area contributed by atoms with E-state index in [1.165, 1.54) is 5.06 Å². The van der Waals surface area contributed by atoms with Crippen LogP contribution in [0, 0.1) is 0 Å². The lowest BCUT2D eigenvalue weighted by atomic mass is 10.2. The number of rotatable bonds is 5. The van der Waals surface area contributed by atoms with Crippen LogP contribution in [0.25, 0.3) is 0 Å². The van der Waals surface area contributed by atoms with E-state index in [0.29, 0.717) is 18.7 Å². The molecule has 0 heterocycles. The number of carbonyl (C=O) groups excluding carboxylic acids is 1. The lowest BCUT2D eigenvalue weighted by molar-refractivity contribution is -0.120. The third-order valence-electron chi connectivity index (χ3n) is 1.87. The van der Waals surface area contributed by atoms with Gasteiger partial charge in [0.05, 0.1) is 17.9 Å². The van der Waals surface area contributed by atoms with Crippen molar-refractivity contribution in [3.05, 3.63) is 24.3 Å². The molecule has 4 nitrogen and oxygen atoms in total. The molecule has 0 radical (unpaired) electrons. The third-order valence-corrected chi connectivity index (χ3v) is 1.87. The third kappa shape index (κ3) is 4.44. The van der Waals surface area contributed by atoms with Gasteiger partial charge in [-0.2, -0.15) is 5.06 Å². The Labute approximate surface area is 102 Å². The first-order chi connectivity index (χ1) is 7.96. The molecule has 0 N–H and O–H groups in total. The molecule has 1 rings (SSSR count). The zero-order valence-corrected chi connectivity index (χ0v) is 10.8. The molecular formula is C13H19NO3. The van der Waals surface area contributed by atoms with E-state index < -0.39 is 5.60 Å². The van der Waals surface area contributed by atoms with Gasteiger partial charge in [-0.05, 0) is 52.0 Å². The second-order valence-electron chi connectivity index (χ2n) is 4.56. The van der Waals surface area contributed by atoms with E-state index in [-0.39, 0.29) is 0 Å². The number of hydrogen-bond donors (Lipinski definition) is 0. The molecule has 0 spiro atoms. The molecule has 1 amide bonds. The minimum atomic E-state index is -0.417. The van der Waals surface area contributed by atoms with Crippen LogP contribution < -0.4 is 9.80 Å². The summed E-state index contributed by atoms with van der Waals surface area (Å²) < 4.78 is 5.33. The molecule has 4 heteroatoms. The Kier molecular flexibility index (Phi) is 4.52. The molecule has 1 aromatic rings. The van der Waals surface area contributed by atoms with E-state index in [1.807, 2.05) is 27.7 Å². The van der Waals surface area contributed by atoms with Crippen LogP contribution in [0.3, 0.4) is 0 Å². The van der Waals surface area contributed by atoms with Crippen molar-refractivity contribution in [3.63, 3.8) is 0 Å². The molecule has 17 heavy (non-hydrogen) atoms. The summed E-state index contributed by atoms with van der Waals surface area (Å²) in [4.78, 5) is 16.5. The van der Waals surface area contributed by atoms with Crippen LogP contribution in [-0.2, 0) is 9.63 Å². The largest absolute Gasteiger partial charge is 0.494 e. The van der Waals surface area contributed by atoms with Crippen LogP contribution >= 0.6 is 0 Å². The first kappa shape index (κ1) is 13.5. The zero-order valence-electron chi connectivity index (χ0n) is 10.8. The van der Waals surface area contributed by atoms with Crippen LogP contribution in [0.4, 0.5) is 5.69 Å². The second kappa shape index (κ2) is 5.68. The van der Waals surface area contributed by atoms with Gasteiger partial charge in [-0.3, -0.25) is 9.63 Å². The molecule has 1 aromatic carbocycles. The lowest BCUT2D eigenvalue weighted by Gasteiger charge is -2.26. The van der Waals surface area contributed by atoms with Crippen LogP contribution in [0.5, 0.6) is 5.75 Å². The minimum Gasteiger partial charge on any atom is -0.494 e. The van der Waals surface area contributed by atoms with Gasteiger partial charge in [0.1, 0.15) is 5.75 Å². The molecule has 0 saturated heterocycles.